The van der Waals surface area contributed by atoms with Gasteiger partial charge in [-0.1, -0.05) is 18.2 Å². The molecule has 102 valence electrons. The summed E-state index contributed by atoms with van der Waals surface area (Å²) in [6.45, 7) is 0. The third-order valence-corrected chi connectivity index (χ3v) is 2.44. The Balaban J connectivity index is 2.29. The zero-order valence-corrected chi connectivity index (χ0v) is 10.2. The molecule has 0 bridgehead atoms. The Hall–Kier alpha value is -2.69. The summed E-state index contributed by atoms with van der Waals surface area (Å²) in [4.78, 5) is 10.4. The van der Waals surface area contributed by atoms with Crippen molar-refractivity contribution in [1.29, 1.82) is 0 Å². The van der Waals surface area contributed by atoms with Crippen LogP contribution in [0.3, 0.4) is 0 Å². The fraction of sp³-hybridized carbons (Fsp3) is 0. The van der Waals surface area contributed by atoms with Gasteiger partial charge in [-0.25, -0.2) is 8.78 Å². The first kappa shape index (κ1) is 13.7. The van der Waals surface area contributed by atoms with E-state index in [1.165, 1.54) is 12.1 Å². The summed E-state index contributed by atoms with van der Waals surface area (Å²) in [6.07, 6.45) is 2.15. The molecule has 0 fully saturated rings. The first-order valence-corrected chi connectivity index (χ1v) is 5.67. The standard InChI is InChI=1S/C15H10F2O3/c16-12-7-6-11(9-13(12)17)20-14-4-2-1-3-10(14)5-8-15(18)19/h1-9H,(H,18,19)/p-1/b8-5+. The lowest BCUT2D eigenvalue weighted by atomic mass is 10.2. The van der Waals surface area contributed by atoms with E-state index in [-0.39, 0.29) is 5.75 Å². The molecule has 0 amide bonds. The van der Waals surface area contributed by atoms with E-state index in [9.17, 15) is 18.7 Å². The molecule has 0 aliphatic carbocycles. The second kappa shape index (κ2) is 5.97. The molecule has 0 aliphatic heterocycles. The predicted molar refractivity (Wildman–Crippen MR) is 66.9 cm³/mol. The number of carbonyl (C=O) groups excluding carboxylic acids is 1. The third-order valence-electron chi connectivity index (χ3n) is 2.44. The number of aliphatic carboxylic acids is 1. The molecule has 0 heterocycles. The Labute approximate surface area is 113 Å². The Bertz CT molecular complexity index is 666. The first-order valence-electron chi connectivity index (χ1n) is 5.67. The van der Waals surface area contributed by atoms with Crippen LogP contribution in [0.5, 0.6) is 11.5 Å². The Morgan fingerprint density at radius 3 is 2.55 bits per heavy atom. The van der Waals surface area contributed by atoms with E-state index in [0.717, 1.165) is 18.2 Å². The van der Waals surface area contributed by atoms with Crippen molar-refractivity contribution in [3.05, 3.63) is 65.7 Å². The van der Waals surface area contributed by atoms with Crippen LogP contribution in [0.25, 0.3) is 6.08 Å². The summed E-state index contributed by atoms with van der Waals surface area (Å²) in [5, 5.41) is 10.4. The van der Waals surface area contributed by atoms with Gasteiger partial charge in [-0.2, -0.15) is 0 Å². The van der Waals surface area contributed by atoms with Gasteiger partial charge >= 0.3 is 0 Å². The van der Waals surface area contributed by atoms with Gasteiger partial charge in [-0.05, 0) is 30.4 Å². The van der Waals surface area contributed by atoms with Gasteiger partial charge in [0.25, 0.3) is 0 Å². The minimum atomic E-state index is -1.34. The van der Waals surface area contributed by atoms with E-state index < -0.39 is 17.6 Å². The SMILES string of the molecule is O=C([O-])/C=C/c1ccccc1Oc1ccc(F)c(F)c1. The van der Waals surface area contributed by atoms with E-state index in [1.54, 1.807) is 24.3 Å². The van der Waals surface area contributed by atoms with E-state index in [0.29, 0.717) is 11.3 Å². The highest BCUT2D eigenvalue weighted by atomic mass is 19.2. The van der Waals surface area contributed by atoms with Gasteiger partial charge in [0, 0.05) is 11.6 Å². The summed E-state index contributed by atoms with van der Waals surface area (Å²) < 4.78 is 31.3. The molecule has 0 saturated carbocycles. The van der Waals surface area contributed by atoms with Crippen molar-refractivity contribution >= 4 is 12.0 Å². The van der Waals surface area contributed by atoms with Crippen molar-refractivity contribution in [1.82, 2.24) is 0 Å². The zero-order chi connectivity index (χ0) is 14.5. The van der Waals surface area contributed by atoms with Crippen molar-refractivity contribution in [2.75, 3.05) is 0 Å². The van der Waals surface area contributed by atoms with Gasteiger partial charge in [0.15, 0.2) is 11.6 Å². The minimum absolute atomic E-state index is 0.109. The van der Waals surface area contributed by atoms with Crippen molar-refractivity contribution in [2.24, 2.45) is 0 Å². The Morgan fingerprint density at radius 2 is 1.85 bits per heavy atom. The highest BCUT2D eigenvalue weighted by molar-refractivity contribution is 5.84. The Kier molecular flexibility index (Phi) is 4.10. The van der Waals surface area contributed by atoms with Crippen LogP contribution in [0.4, 0.5) is 8.78 Å². The molecule has 0 saturated heterocycles. The van der Waals surface area contributed by atoms with Crippen LogP contribution in [0, 0.1) is 11.6 Å². The number of carboxylic acids is 1. The maximum atomic E-state index is 13.1. The predicted octanol–water partition coefficient (Wildman–Crippen LogP) is 2.52. The zero-order valence-electron chi connectivity index (χ0n) is 10.2. The molecule has 5 heteroatoms. The summed E-state index contributed by atoms with van der Waals surface area (Å²) in [7, 11) is 0. The van der Waals surface area contributed by atoms with Gasteiger partial charge in [0.2, 0.25) is 0 Å². The number of carbonyl (C=O) groups is 1. The fourth-order valence-electron chi connectivity index (χ4n) is 1.54. The molecule has 2 aromatic rings. The molecule has 2 aromatic carbocycles. The molecular weight excluding hydrogens is 266 g/mol. The maximum Gasteiger partial charge on any atom is 0.162 e. The number of carboxylic acid groups (broad SMARTS) is 1. The van der Waals surface area contributed by atoms with Gasteiger partial charge in [0.1, 0.15) is 11.5 Å². The molecule has 0 aliphatic rings. The van der Waals surface area contributed by atoms with E-state index in [2.05, 4.69) is 0 Å². The van der Waals surface area contributed by atoms with Crippen LogP contribution in [-0.4, -0.2) is 5.97 Å². The van der Waals surface area contributed by atoms with Crippen LogP contribution in [-0.2, 0) is 4.79 Å². The molecule has 0 spiro atoms. The molecule has 0 N–H and O–H groups in total. The fourth-order valence-corrected chi connectivity index (χ4v) is 1.54. The number of hydrogen-bond acceptors (Lipinski definition) is 3. The normalized spacial score (nSPS) is 10.7. The third kappa shape index (κ3) is 3.41. The lowest BCUT2D eigenvalue weighted by Crippen LogP contribution is -2.18. The van der Waals surface area contributed by atoms with Crippen LogP contribution >= 0.6 is 0 Å². The first-order chi connectivity index (χ1) is 9.56. The van der Waals surface area contributed by atoms with Gasteiger partial charge in [-0.15, -0.1) is 0 Å². The van der Waals surface area contributed by atoms with Gasteiger partial charge in [0.05, 0.1) is 5.97 Å². The van der Waals surface area contributed by atoms with Crippen LogP contribution in [0.15, 0.2) is 48.5 Å². The maximum absolute atomic E-state index is 13.1. The lowest BCUT2D eigenvalue weighted by molar-refractivity contribution is -0.297. The molecule has 3 nitrogen and oxygen atoms in total. The quantitative estimate of drug-likeness (QED) is 0.806. The Morgan fingerprint density at radius 1 is 1.10 bits per heavy atom. The minimum Gasteiger partial charge on any atom is -0.545 e. The van der Waals surface area contributed by atoms with Crippen molar-refractivity contribution in [3.63, 3.8) is 0 Å². The van der Waals surface area contributed by atoms with Crippen molar-refractivity contribution in [3.8, 4) is 11.5 Å². The molecule has 0 aromatic heterocycles. The van der Waals surface area contributed by atoms with Crippen molar-refractivity contribution < 1.29 is 23.4 Å². The molecule has 0 unspecified atom stereocenters. The summed E-state index contributed by atoms with van der Waals surface area (Å²) >= 11 is 0. The summed E-state index contributed by atoms with van der Waals surface area (Å²) in [6, 6.07) is 9.69. The summed E-state index contributed by atoms with van der Waals surface area (Å²) in [5.41, 5.74) is 0.474. The molecule has 0 radical (unpaired) electrons. The average molecular weight is 275 g/mol. The monoisotopic (exact) mass is 275 g/mol. The topological polar surface area (TPSA) is 49.4 Å². The second-order valence-corrected chi connectivity index (χ2v) is 3.87. The number of rotatable bonds is 4. The van der Waals surface area contributed by atoms with E-state index in [1.807, 2.05) is 0 Å². The van der Waals surface area contributed by atoms with E-state index in [4.69, 9.17) is 4.74 Å². The largest absolute Gasteiger partial charge is 0.545 e. The number of para-hydroxylation sites is 1. The van der Waals surface area contributed by atoms with Crippen LogP contribution < -0.4 is 9.84 Å². The molecular formula is C15H9F2O3-. The number of ether oxygens (including phenoxy) is 1. The highest BCUT2D eigenvalue weighted by Gasteiger charge is 2.06. The molecule has 20 heavy (non-hydrogen) atoms. The van der Waals surface area contributed by atoms with Gasteiger partial charge in [-0.3, -0.25) is 0 Å². The molecule has 2 rings (SSSR count). The van der Waals surface area contributed by atoms with Crippen LogP contribution in [0.2, 0.25) is 0 Å². The van der Waals surface area contributed by atoms with E-state index >= 15 is 0 Å². The smallest absolute Gasteiger partial charge is 0.162 e. The number of halogens is 2. The number of hydrogen-bond donors (Lipinski definition) is 0. The second-order valence-electron chi connectivity index (χ2n) is 3.87. The van der Waals surface area contributed by atoms with Crippen LogP contribution in [0.1, 0.15) is 5.56 Å². The average Bonchev–Trinajstić information content (AvgIpc) is 2.42. The van der Waals surface area contributed by atoms with Crippen molar-refractivity contribution in [2.45, 2.75) is 0 Å². The summed E-state index contributed by atoms with van der Waals surface area (Å²) in [5.74, 6) is -2.91. The van der Waals surface area contributed by atoms with Gasteiger partial charge < -0.3 is 14.6 Å². The highest BCUT2D eigenvalue weighted by Crippen LogP contribution is 2.27. The molecule has 0 atom stereocenters. The number of benzene rings is 2. The lowest BCUT2D eigenvalue weighted by Gasteiger charge is -2.09.